The zero-order valence-corrected chi connectivity index (χ0v) is 10.6. The molecule has 5 nitrogen and oxygen atoms in total. The zero-order chi connectivity index (χ0) is 14.7. The van der Waals surface area contributed by atoms with Crippen molar-refractivity contribution in [2.75, 3.05) is 18.4 Å². The van der Waals surface area contributed by atoms with Gasteiger partial charge in [0.1, 0.15) is 11.6 Å². The Morgan fingerprint density at radius 3 is 2.50 bits per heavy atom. The Morgan fingerprint density at radius 2 is 1.90 bits per heavy atom. The minimum absolute atomic E-state index is 0.0871. The smallest absolute Gasteiger partial charge is 0.313 e. The molecule has 1 atom stereocenters. The van der Waals surface area contributed by atoms with Gasteiger partial charge in [0.2, 0.25) is 0 Å². The lowest BCUT2D eigenvalue weighted by atomic mass is 10.1. The monoisotopic (exact) mass is 284 g/mol. The van der Waals surface area contributed by atoms with E-state index >= 15 is 0 Å². The molecule has 1 aromatic carbocycles. The van der Waals surface area contributed by atoms with Gasteiger partial charge in [0.25, 0.3) is 0 Å². The van der Waals surface area contributed by atoms with Crippen LogP contribution in [0.3, 0.4) is 0 Å². The molecule has 2 rings (SSSR count). The van der Waals surface area contributed by atoms with E-state index in [1.165, 1.54) is 4.90 Å². The lowest BCUT2D eigenvalue weighted by Crippen LogP contribution is -2.46. The number of anilines is 1. The maximum absolute atomic E-state index is 13.0. The molecule has 0 bridgehead atoms. The molecule has 0 aliphatic carbocycles. The summed E-state index contributed by atoms with van der Waals surface area (Å²) < 4.78 is 25.9. The van der Waals surface area contributed by atoms with Crippen molar-refractivity contribution in [3.05, 3.63) is 29.8 Å². The van der Waals surface area contributed by atoms with Crippen LogP contribution in [0.25, 0.3) is 0 Å². The highest BCUT2D eigenvalue weighted by atomic mass is 19.1. The molecule has 1 aliphatic heterocycles. The lowest BCUT2D eigenvalue weighted by molar-refractivity contribution is -0.145. The highest BCUT2D eigenvalue weighted by molar-refractivity contribution is 6.39. The molecule has 1 aliphatic rings. The van der Waals surface area contributed by atoms with Gasteiger partial charge in [-0.25, -0.2) is 8.78 Å². The number of benzene rings is 1. The van der Waals surface area contributed by atoms with Gasteiger partial charge < -0.3 is 15.3 Å². The van der Waals surface area contributed by atoms with Crippen LogP contribution in [0.1, 0.15) is 12.8 Å². The van der Waals surface area contributed by atoms with Crippen molar-refractivity contribution in [3.8, 4) is 0 Å². The molecule has 108 valence electrons. The summed E-state index contributed by atoms with van der Waals surface area (Å²) in [5.41, 5.74) is -0.126. The van der Waals surface area contributed by atoms with Crippen LogP contribution in [0.4, 0.5) is 14.5 Å². The fourth-order valence-corrected chi connectivity index (χ4v) is 2.09. The maximum atomic E-state index is 13.0. The number of aliphatic hydroxyl groups excluding tert-OH is 1. The first-order valence-electron chi connectivity index (χ1n) is 6.20. The number of rotatable bonds is 1. The summed E-state index contributed by atoms with van der Waals surface area (Å²) in [4.78, 5) is 24.8. The third-order valence-corrected chi connectivity index (χ3v) is 3.00. The van der Waals surface area contributed by atoms with Crippen molar-refractivity contribution >= 4 is 17.5 Å². The highest BCUT2D eigenvalue weighted by Gasteiger charge is 2.27. The van der Waals surface area contributed by atoms with Gasteiger partial charge in [-0.2, -0.15) is 0 Å². The molecular formula is C13H14F2N2O3. The van der Waals surface area contributed by atoms with E-state index in [1.54, 1.807) is 0 Å². The van der Waals surface area contributed by atoms with Crippen molar-refractivity contribution in [3.63, 3.8) is 0 Å². The molecule has 2 amide bonds. The van der Waals surface area contributed by atoms with Gasteiger partial charge in [-0.05, 0) is 25.0 Å². The zero-order valence-electron chi connectivity index (χ0n) is 10.6. The summed E-state index contributed by atoms with van der Waals surface area (Å²) in [6.07, 6.45) is 0.544. The fourth-order valence-electron chi connectivity index (χ4n) is 2.09. The Bertz CT molecular complexity index is 516. The summed E-state index contributed by atoms with van der Waals surface area (Å²) in [6.45, 7) is 0.463. The van der Waals surface area contributed by atoms with Crippen molar-refractivity contribution in [1.82, 2.24) is 4.90 Å². The number of likely N-dealkylation sites (tertiary alicyclic amines) is 1. The molecule has 1 unspecified atom stereocenters. The van der Waals surface area contributed by atoms with Gasteiger partial charge in [0.15, 0.2) is 0 Å². The molecule has 1 saturated heterocycles. The van der Waals surface area contributed by atoms with E-state index in [0.29, 0.717) is 25.5 Å². The SMILES string of the molecule is O=C(Nc1cc(F)cc(F)c1)C(=O)N1CCCC(O)C1. The first-order chi connectivity index (χ1) is 9.45. The van der Waals surface area contributed by atoms with Crippen molar-refractivity contribution in [1.29, 1.82) is 0 Å². The number of nitrogens with zero attached hydrogens (tertiary/aromatic N) is 1. The van der Waals surface area contributed by atoms with Gasteiger partial charge in [0.05, 0.1) is 6.10 Å². The maximum Gasteiger partial charge on any atom is 0.313 e. The number of hydrogen-bond acceptors (Lipinski definition) is 3. The van der Waals surface area contributed by atoms with Crippen LogP contribution in [0.15, 0.2) is 18.2 Å². The number of aliphatic hydroxyl groups is 1. The standard InChI is InChI=1S/C13H14F2N2O3/c14-8-4-9(15)6-10(5-8)16-12(19)13(20)17-3-1-2-11(18)7-17/h4-6,11,18H,1-3,7H2,(H,16,19). The van der Waals surface area contributed by atoms with Crippen molar-refractivity contribution < 1.29 is 23.5 Å². The number of hydrogen-bond donors (Lipinski definition) is 2. The van der Waals surface area contributed by atoms with Crippen LogP contribution in [0.5, 0.6) is 0 Å². The number of nitrogens with one attached hydrogen (secondary N) is 1. The molecule has 0 spiro atoms. The van der Waals surface area contributed by atoms with Gasteiger partial charge in [-0.3, -0.25) is 9.59 Å². The quantitative estimate of drug-likeness (QED) is 0.752. The number of β-amino-alcohol motifs (C(OH)–C–C–N with tert-alkyl or cyclic N) is 1. The summed E-state index contributed by atoms with van der Waals surface area (Å²) in [5, 5.41) is 11.6. The Morgan fingerprint density at radius 1 is 1.25 bits per heavy atom. The predicted octanol–water partition coefficient (Wildman–Crippen LogP) is 0.887. The molecule has 1 aromatic rings. The first-order valence-corrected chi connectivity index (χ1v) is 6.20. The molecule has 20 heavy (non-hydrogen) atoms. The Labute approximate surface area is 114 Å². The van der Waals surface area contributed by atoms with Gasteiger partial charge in [-0.1, -0.05) is 0 Å². The number of amides is 2. The number of carbonyl (C=O) groups excluding carboxylic acids is 2. The van der Waals surface area contributed by atoms with E-state index in [-0.39, 0.29) is 12.2 Å². The highest BCUT2D eigenvalue weighted by Crippen LogP contribution is 2.14. The molecule has 2 N–H and O–H groups in total. The van der Waals surface area contributed by atoms with Crippen LogP contribution >= 0.6 is 0 Å². The predicted molar refractivity (Wildman–Crippen MR) is 66.8 cm³/mol. The van der Waals surface area contributed by atoms with E-state index in [9.17, 15) is 23.5 Å². The summed E-state index contributed by atoms with van der Waals surface area (Å²) in [6, 6.07) is 2.50. The second-order valence-corrected chi connectivity index (χ2v) is 4.66. The van der Waals surface area contributed by atoms with Crippen LogP contribution in [0, 0.1) is 11.6 Å². The Hall–Kier alpha value is -2.02. The van der Waals surface area contributed by atoms with Crippen molar-refractivity contribution in [2.24, 2.45) is 0 Å². The second-order valence-electron chi connectivity index (χ2n) is 4.66. The number of halogens is 2. The molecule has 0 aromatic heterocycles. The first kappa shape index (κ1) is 14.4. The van der Waals surface area contributed by atoms with Gasteiger partial charge >= 0.3 is 11.8 Å². The Kier molecular flexibility index (Phi) is 4.29. The third-order valence-electron chi connectivity index (χ3n) is 3.00. The van der Waals surface area contributed by atoms with Crippen LogP contribution in [0.2, 0.25) is 0 Å². The van der Waals surface area contributed by atoms with E-state index in [2.05, 4.69) is 5.32 Å². The van der Waals surface area contributed by atoms with E-state index in [4.69, 9.17) is 0 Å². The molecule has 0 radical (unpaired) electrons. The van der Waals surface area contributed by atoms with Crippen LogP contribution < -0.4 is 5.32 Å². The van der Waals surface area contributed by atoms with Crippen LogP contribution in [-0.2, 0) is 9.59 Å². The van der Waals surface area contributed by atoms with Crippen molar-refractivity contribution in [2.45, 2.75) is 18.9 Å². The average Bonchev–Trinajstić information content (AvgIpc) is 2.36. The molecule has 0 saturated carbocycles. The minimum Gasteiger partial charge on any atom is -0.391 e. The normalized spacial score (nSPS) is 18.8. The number of carbonyl (C=O) groups is 2. The lowest BCUT2D eigenvalue weighted by Gasteiger charge is -2.29. The van der Waals surface area contributed by atoms with E-state index in [0.717, 1.165) is 12.1 Å². The largest absolute Gasteiger partial charge is 0.391 e. The molecule has 1 fully saturated rings. The fraction of sp³-hybridized carbons (Fsp3) is 0.385. The minimum atomic E-state index is -0.982. The topological polar surface area (TPSA) is 69.6 Å². The Balaban J connectivity index is 2.02. The molecular weight excluding hydrogens is 270 g/mol. The van der Waals surface area contributed by atoms with E-state index < -0.39 is 29.6 Å². The summed E-state index contributed by atoms with van der Waals surface area (Å²) in [7, 11) is 0. The molecule has 1 heterocycles. The van der Waals surface area contributed by atoms with Gasteiger partial charge in [-0.15, -0.1) is 0 Å². The summed E-state index contributed by atoms with van der Waals surface area (Å²) >= 11 is 0. The third kappa shape index (κ3) is 3.51. The average molecular weight is 284 g/mol. The molecule has 7 heteroatoms. The van der Waals surface area contributed by atoms with Gasteiger partial charge in [0, 0.05) is 24.8 Å². The number of piperidine rings is 1. The van der Waals surface area contributed by atoms with Crippen LogP contribution in [-0.4, -0.2) is 41.0 Å². The second kappa shape index (κ2) is 5.96. The van der Waals surface area contributed by atoms with E-state index in [1.807, 2.05) is 0 Å². The summed E-state index contributed by atoms with van der Waals surface area (Å²) in [5.74, 6) is -3.50.